The van der Waals surface area contributed by atoms with Gasteiger partial charge in [0.25, 0.3) is 5.91 Å². The maximum atomic E-state index is 13.4. The van der Waals surface area contributed by atoms with Crippen LogP contribution in [0, 0.1) is 20.8 Å². The van der Waals surface area contributed by atoms with Gasteiger partial charge in [0.15, 0.2) is 0 Å². The van der Waals surface area contributed by atoms with Crippen LogP contribution in [-0.4, -0.2) is 22.5 Å². The van der Waals surface area contributed by atoms with Gasteiger partial charge < -0.3 is 10.6 Å². The second-order valence-corrected chi connectivity index (χ2v) is 9.01. The van der Waals surface area contributed by atoms with Gasteiger partial charge in [0.2, 0.25) is 0 Å². The Morgan fingerprint density at radius 1 is 1.24 bits per heavy atom. The number of aromatic nitrogens is 1. The predicted molar refractivity (Wildman–Crippen MR) is 117 cm³/mol. The van der Waals surface area contributed by atoms with Gasteiger partial charge in [-0.1, -0.05) is 37.6 Å². The van der Waals surface area contributed by atoms with E-state index in [1.54, 1.807) is 0 Å². The summed E-state index contributed by atoms with van der Waals surface area (Å²) in [5, 5.41) is 7.29. The highest BCUT2D eigenvalue weighted by atomic mass is 16.1. The van der Waals surface area contributed by atoms with Crippen molar-refractivity contribution in [1.29, 1.82) is 0 Å². The molecule has 1 unspecified atom stereocenters. The molecule has 1 amide bonds. The third kappa shape index (κ3) is 3.71. The molecule has 0 saturated carbocycles. The van der Waals surface area contributed by atoms with Crippen LogP contribution in [0.4, 0.5) is 0 Å². The lowest BCUT2D eigenvalue weighted by Crippen LogP contribution is -2.50. The summed E-state index contributed by atoms with van der Waals surface area (Å²) < 4.78 is 0. The quantitative estimate of drug-likeness (QED) is 0.749. The maximum Gasteiger partial charge on any atom is 0.252 e. The predicted octanol–water partition coefficient (Wildman–Crippen LogP) is 4.72. The molecule has 4 nitrogen and oxygen atoms in total. The zero-order valence-electron chi connectivity index (χ0n) is 18.1. The minimum Gasteiger partial charge on any atom is -0.343 e. The van der Waals surface area contributed by atoms with Gasteiger partial charge in [-0.15, -0.1) is 0 Å². The van der Waals surface area contributed by atoms with Gasteiger partial charge in [0.05, 0.1) is 6.04 Å². The van der Waals surface area contributed by atoms with E-state index in [-0.39, 0.29) is 17.5 Å². The molecule has 0 radical (unpaired) electrons. The summed E-state index contributed by atoms with van der Waals surface area (Å²) in [6.07, 6.45) is 8.68. The summed E-state index contributed by atoms with van der Waals surface area (Å²) in [6.45, 7) is 8.31. The van der Waals surface area contributed by atoms with Gasteiger partial charge in [-0.3, -0.25) is 9.78 Å². The molecule has 1 atom stereocenters. The number of nitrogens with one attached hydrogen (secondary N) is 2. The fraction of sp³-hybridized carbons (Fsp3) is 0.520. The molecule has 0 spiro atoms. The fourth-order valence-corrected chi connectivity index (χ4v) is 5.39. The van der Waals surface area contributed by atoms with E-state index in [4.69, 9.17) is 4.98 Å². The van der Waals surface area contributed by atoms with Crippen LogP contribution in [-0.2, 0) is 6.42 Å². The zero-order chi connectivity index (χ0) is 20.6. The van der Waals surface area contributed by atoms with Gasteiger partial charge in [-0.25, -0.2) is 0 Å². The molecule has 154 valence electrons. The van der Waals surface area contributed by atoms with Crippen molar-refractivity contribution in [3.63, 3.8) is 0 Å². The normalized spacial score (nSPS) is 23.9. The molecule has 2 N–H and O–H groups in total. The van der Waals surface area contributed by atoms with Crippen molar-refractivity contribution in [2.24, 2.45) is 0 Å². The number of nitrogens with zero attached hydrogens (tertiary/aromatic N) is 1. The number of benzene rings is 1. The summed E-state index contributed by atoms with van der Waals surface area (Å²) in [5.41, 5.74) is 6.31. The minimum absolute atomic E-state index is 0.0229. The van der Waals surface area contributed by atoms with Crippen molar-refractivity contribution in [3.05, 3.63) is 64.0 Å². The lowest BCUT2D eigenvalue weighted by molar-refractivity contribution is 0.0906. The Labute approximate surface area is 174 Å². The smallest absolute Gasteiger partial charge is 0.252 e. The fourth-order valence-electron chi connectivity index (χ4n) is 5.39. The molecule has 4 rings (SSSR count). The molecule has 2 aliphatic heterocycles. The first kappa shape index (κ1) is 20.1. The first-order valence-electron chi connectivity index (χ1n) is 11.0. The Bertz CT molecular complexity index is 892. The summed E-state index contributed by atoms with van der Waals surface area (Å²) >= 11 is 0. The van der Waals surface area contributed by atoms with Gasteiger partial charge in [-0.05, 0) is 75.1 Å². The van der Waals surface area contributed by atoms with Gasteiger partial charge in [0.1, 0.15) is 0 Å². The van der Waals surface area contributed by atoms with Crippen LogP contribution >= 0.6 is 0 Å². The van der Waals surface area contributed by atoms with E-state index in [2.05, 4.69) is 30.5 Å². The molecular formula is C25H33N3O. The van der Waals surface area contributed by atoms with Crippen LogP contribution < -0.4 is 10.6 Å². The Morgan fingerprint density at radius 2 is 1.93 bits per heavy atom. The van der Waals surface area contributed by atoms with Crippen LogP contribution in [0.25, 0.3) is 0 Å². The van der Waals surface area contributed by atoms with E-state index >= 15 is 0 Å². The van der Waals surface area contributed by atoms with Gasteiger partial charge in [-0.2, -0.15) is 0 Å². The topological polar surface area (TPSA) is 54.0 Å². The molecule has 1 aromatic carbocycles. The molecule has 2 saturated heterocycles. The Balaban J connectivity index is 1.72. The van der Waals surface area contributed by atoms with Crippen molar-refractivity contribution in [2.75, 3.05) is 0 Å². The molecule has 3 heterocycles. The van der Waals surface area contributed by atoms with Crippen LogP contribution in [0.5, 0.6) is 0 Å². The molecule has 2 aromatic rings. The van der Waals surface area contributed by atoms with Crippen LogP contribution in [0.1, 0.15) is 83.4 Å². The summed E-state index contributed by atoms with van der Waals surface area (Å²) in [6, 6.07) is 8.85. The van der Waals surface area contributed by atoms with E-state index in [1.165, 1.54) is 18.4 Å². The third-order valence-electron chi connectivity index (χ3n) is 6.97. The van der Waals surface area contributed by atoms with Crippen molar-refractivity contribution in [1.82, 2.24) is 15.6 Å². The number of amides is 1. The maximum absolute atomic E-state index is 13.4. The van der Waals surface area contributed by atoms with Crippen molar-refractivity contribution >= 4 is 5.91 Å². The second kappa shape index (κ2) is 7.91. The van der Waals surface area contributed by atoms with Gasteiger partial charge >= 0.3 is 0 Å². The summed E-state index contributed by atoms with van der Waals surface area (Å²) in [7, 11) is 0. The second-order valence-electron chi connectivity index (χ2n) is 9.01. The standard InChI is InChI=1S/C25H33N3O/c1-5-7-19-14-20(15-26-18(19)4)23(25-12-10-21(28-25)11-13-25)27-24(29)22-16(2)8-6-9-17(22)3/h6,8-9,14-15,21,23,28H,5,7,10-13H2,1-4H3,(H,27,29). The molecule has 2 bridgehead atoms. The number of carbonyl (C=O) groups is 1. The first-order valence-corrected chi connectivity index (χ1v) is 11.0. The average Bonchev–Trinajstić information content (AvgIpc) is 3.30. The van der Waals surface area contributed by atoms with E-state index in [1.807, 2.05) is 38.2 Å². The van der Waals surface area contributed by atoms with Crippen LogP contribution in [0.15, 0.2) is 30.5 Å². The van der Waals surface area contributed by atoms with E-state index in [9.17, 15) is 4.79 Å². The average molecular weight is 392 g/mol. The molecule has 2 fully saturated rings. The Kier molecular flexibility index (Phi) is 5.48. The Hall–Kier alpha value is -2.20. The number of aryl methyl sites for hydroxylation is 4. The number of pyridine rings is 1. The van der Waals surface area contributed by atoms with Crippen molar-refractivity contribution in [2.45, 2.75) is 83.8 Å². The monoisotopic (exact) mass is 391 g/mol. The van der Waals surface area contributed by atoms with E-state index < -0.39 is 0 Å². The summed E-state index contributed by atoms with van der Waals surface area (Å²) in [5.74, 6) is 0.0229. The van der Waals surface area contributed by atoms with Crippen LogP contribution in [0.3, 0.4) is 0 Å². The minimum atomic E-state index is -0.0646. The van der Waals surface area contributed by atoms with Crippen molar-refractivity contribution in [3.8, 4) is 0 Å². The number of rotatable bonds is 6. The zero-order valence-corrected chi connectivity index (χ0v) is 18.1. The lowest BCUT2D eigenvalue weighted by atomic mass is 9.78. The largest absolute Gasteiger partial charge is 0.343 e. The lowest BCUT2D eigenvalue weighted by Gasteiger charge is -2.37. The molecule has 29 heavy (non-hydrogen) atoms. The van der Waals surface area contributed by atoms with Crippen molar-refractivity contribution < 1.29 is 4.79 Å². The number of fused-ring (bicyclic) bond motifs is 2. The molecule has 1 aromatic heterocycles. The highest BCUT2D eigenvalue weighted by Gasteiger charge is 2.50. The SMILES string of the molecule is CCCc1cc(C(NC(=O)c2c(C)cccc2C)C23CCC(CC2)N3)cnc1C. The highest BCUT2D eigenvalue weighted by Crippen LogP contribution is 2.45. The summed E-state index contributed by atoms with van der Waals surface area (Å²) in [4.78, 5) is 18.1. The number of hydrogen-bond donors (Lipinski definition) is 2. The first-order chi connectivity index (χ1) is 13.9. The molecule has 4 heteroatoms. The van der Waals surface area contributed by atoms with Gasteiger partial charge in [0, 0.05) is 29.0 Å². The molecular weight excluding hydrogens is 358 g/mol. The number of carbonyl (C=O) groups excluding carboxylic acids is 1. The van der Waals surface area contributed by atoms with E-state index in [0.717, 1.165) is 53.6 Å². The highest BCUT2D eigenvalue weighted by molar-refractivity contribution is 5.97. The molecule has 0 aliphatic carbocycles. The van der Waals surface area contributed by atoms with E-state index in [0.29, 0.717) is 6.04 Å². The third-order valence-corrected chi connectivity index (χ3v) is 6.97. The number of hydrogen-bond acceptors (Lipinski definition) is 3. The molecule has 2 aliphatic rings. The Morgan fingerprint density at radius 3 is 2.52 bits per heavy atom. The van der Waals surface area contributed by atoms with Crippen LogP contribution in [0.2, 0.25) is 0 Å².